The van der Waals surface area contributed by atoms with Crippen molar-refractivity contribution in [3.05, 3.63) is 24.3 Å². The van der Waals surface area contributed by atoms with Gasteiger partial charge in [0.2, 0.25) is 0 Å². The maximum absolute atomic E-state index is 13.3. The second kappa shape index (κ2) is 5.19. The lowest BCUT2D eigenvalue weighted by molar-refractivity contribution is 0.146. The van der Waals surface area contributed by atoms with Gasteiger partial charge in [-0.2, -0.15) is 0 Å². The van der Waals surface area contributed by atoms with Gasteiger partial charge in [0.15, 0.2) is 0 Å². The number of amides is 1. The van der Waals surface area contributed by atoms with Crippen molar-refractivity contribution in [1.82, 2.24) is 0 Å². The lowest BCUT2D eigenvalue weighted by Gasteiger charge is -2.11. The molecule has 0 aliphatic carbocycles. The number of rotatable bonds is 3. The maximum atomic E-state index is 13.3. The van der Waals surface area contributed by atoms with E-state index in [9.17, 15) is 9.28 Å². The van der Waals surface area contributed by atoms with Gasteiger partial charge in [0.25, 0.3) is 0 Å². The van der Waals surface area contributed by atoms with Crippen molar-refractivity contribution >= 4 is 11.8 Å². The third kappa shape index (κ3) is 2.83. The monoisotopic (exact) mass is 213 g/mol. The molecule has 0 spiro atoms. The van der Waals surface area contributed by atoms with E-state index in [0.717, 1.165) is 0 Å². The summed E-state index contributed by atoms with van der Waals surface area (Å²) in [7, 11) is 1.51. The quantitative estimate of drug-likeness (QED) is 0.724. The van der Waals surface area contributed by atoms with E-state index in [1.165, 1.54) is 19.2 Å². The van der Waals surface area contributed by atoms with Crippen LogP contribution in [0.2, 0.25) is 0 Å². The fourth-order valence-electron chi connectivity index (χ4n) is 0.999. The molecule has 5 heteroatoms. The molecule has 0 saturated heterocycles. The minimum Gasteiger partial charge on any atom is -0.497 e. The van der Waals surface area contributed by atoms with Gasteiger partial charge in [-0.1, -0.05) is 4.48 Å². The van der Waals surface area contributed by atoms with Crippen LogP contribution in [0, 0.1) is 0 Å². The molecule has 1 aromatic rings. The lowest BCUT2D eigenvalue weighted by atomic mass is 10.3. The second-order valence-electron chi connectivity index (χ2n) is 2.68. The highest BCUT2D eigenvalue weighted by Crippen LogP contribution is 2.20. The largest absolute Gasteiger partial charge is 0.497 e. The summed E-state index contributed by atoms with van der Waals surface area (Å²) in [6.45, 7) is 1.75. The topological polar surface area (TPSA) is 38.8 Å². The predicted octanol–water partition coefficient (Wildman–Crippen LogP) is 2.54. The maximum Gasteiger partial charge on any atom is 0.443 e. The predicted molar refractivity (Wildman–Crippen MR) is 53.6 cm³/mol. The normalized spacial score (nSPS) is 9.53. The van der Waals surface area contributed by atoms with Crippen LogP contribution in [0.15, 0.2) is 24.3 Å². The van der Waals surface area contributed by atoms with Crippen molar-refractivity contribution in [3.8, 4) is 5.75 Å². The van der Waals surface area contributed by atoms with E-state index in [0.29, 0.717) is 5.75 Å². The summed E-state index contributed by atoms with van der Waals surface area (Å²) in [6, 6.07) is 5.97. The Kier molecular flexibility index (Phi) is 3.91. The fraction of sp³-hybridized carbons (Fsp3) is 0.300. The van der Waals surface area contributed by atoms with Crippen LogP contribution in [0.3, 0.4) is 0 Å². The van der Waals surface area contributed by atoms with E-state index in [4.69, 9.17) is 4.74 Å². The van der Waals surface area contributed by atoms with Crippen LogP contribution in [0.4, 0.5) is 15.0 Å². The number of nitrogens with zero attached hydrogens (tertiary/aromatic N) is 1. The van der Waals surface area contributed by atoms with Gasteiger partial charge in [-0.25, -0.2) is 4.79 Å². The molecule has 1 rings (SSSR count). The van der Waals surface area contributed by atoms with Gasteiger partial charge in [-0.05, 0) is 31.2 Å². The summed E-state index contributed by atoms with van der Waals surface area (Å²) >= 11 is 0. The molecule has 0 heterocycles. The molecular formula is C10H12FNO3. The van der Waals surface area contributed by atoms with E-state index < -0.39 is 6.09 Å². The van der Waals surface area contributed by atoms with Gasteiger partial charge >= 0.3 is 6.09 Å². The van der Waals surface area contributed by atoms with Gasteiger partial charge in [-0.3, -0.25) is 0 Å². The van der Waals surface area contributed by atoms with Gasteiger partial charge in [0, 0.05) is 0 Å². The molecule has 0 aliphatic heterocycles. The molecule has 1 aromatic carbocycles. The van der Waals surface area contributed by atoms with Crippen molar-refractivity contribution in [2.24, 2.45) is 0 Å². The smallest absolute Gasteiger partial charge is 0.443 e. The molecule has 0 N–H and O–H groups in total. The van der Waals surface area contributed by atoms with E-state index in [2.05, 4.69) is 4.74 Å². The molecule has 1 amide bonds. The average molecular weight is 213 g/mol. The zero-order valence-electron chi connectivity index (χ0n) is 8.57. The van der Waals surface area contributed by atoms with E-state index >= 15 is 0 Å². The molecule has 4 nitrogen and oxygen atoms in total. The summed E-state index contributed by atoms with van der Waals surface area (Å²) < 4.78 is 22.7. The second-order valence-corrected chi connectivity index (χ2v) is 2.68. The molecule has 0 aromatic heterocycles. The summed E-state index contributed by atoms with van der Waals surface area (Å²) in [5.74, 6) is 0.594. The van der Waals surface area contributed by atoms with Crippen LogP contribution in [-0.4, -0.2) is 19.8 Å². The molecule has 0 saturated carbocycles. The Morgan fingerprint density at radius 3 is 2.47 bits per heavy atom. The molecule has 0 unspecified atom stereocenters. The van der Waals surface area contributed by atoms with Crippen molar-refractivity contribution in [2.75, 3.05) is 18.8 Å². The summed E-state index contributed by atoms with van der Waals surface area (Å²) in [4.78, 5) is 11.0. The zero-order valence-corrected chi connectivity index (χ0v) is 8.57. The number of benzene rings is 1. The summed E-state index contributed by atoms with van der Waals surface area (Å²) in [6.07, 6.45) is -1.03. The number of halogens is 1. The highest BCUT2D eigenvalue weighted by molar-refractivity contribution is 5.85. The number of hydrogen-bond acceptors (Lipinski definition) is 3. The van der Waals surface area contributed by atoms with Crippen LogP contribution >= 0.6 is 0 Å². The minimum atomic E-state index is -1.03. The number of carbonyl (C=O) groups excluding carboxylic acids is 1. The Hall–Kier alpha value is -1.78. The third-order valence-electron chi connectivity index (χ3n) is 1.73. The number of carbonyl (C=O) groups is 1. The lowest BCUT2D eigenvalue weighted by Crippen LogP contribution is -2.22. The van der Waals surface area contributed by atoms with Gasteiger partial charge in [0.05, 0.1) is 19.4 Å². The Labute approximate surface area is 87.1 Å². The number of hydrogen-bond donors (Lipinski definition) is 0. The van der Waals surface area contributed by atoms with Crippen molar-refractivity contribution in [3.63, 3.8) is 0 Å². The van der Waals surface area contributed by atoms with Crippen LogP contribution in [0.5, 0.6) is 5.75 Å². The van der Waals surface area contributed by atoms with Gasteiger partial charge in [0.1, 0.15) is 5.75 Å². The summed E-state index contributed by atoms with van der Waals surface area (Å²) in [5.41, 5.74) is 0.106. The van der Waals surface area contributed by atoms with Crippen molar-refractivity contribution in [1.29, 1.82) is 0 Å². The first-order valence-electron chi connectivity index (χ1n) is 4.45. The molecule has 15 heavy (non-hydrogen) atoms. The highest BCUT2D eigenvalue weighted by Gasteiger charge is 2.15. The Balaban J connectivity index is 2.73. The Morgan fingerprint density at radius 2 is 2.00 bits per heavy atom. The number of methoxy groups -OCH3 is 1. The van der Waals surface area contributed by atoms with E-state index in [1.54, 1.807) is 19.1 Å². The summed E-state index contributed by atoms with van der Waals surface area (Å²) in [5, 5.41) is -0.0526. The van der Waals surface area contributed by atoms with Gasteiger partial charge in [-0.15, -0.1) is 5.12 Å². The first kappa shape index (κ1) is 11.3. The molecule has 0 radical (unpaired) electrons. The highest BCUT2D eigenvalue weighted by atomic mass is 19.2. The van der Waals surface area contributed by atoms with Crippen LogP contribution in [-0.2, 0) is 4.74 Å². The fourth-order valence-corrected chi connectivity index (χ4v) is 0.999. The van der Waals surface area contributed by atoms with Gasteiger partial charge < -0.3 is 9.47 Å². The number of anilines is 1. The van der Waals surface area contributed by atoms with Crippen LogP contribution < -0.4 is 9.86 Å². The zero-order chi connectivity index (χ0) is 11.3. The Bertz CT molecular complexity index is 326. The van der Waals surface area contributed by atoms with Crippen LogP contribution in [0.1, 0.15) is 6.92 Å². The molecule has 0 atom stereocenters. The Morgan fingerprint density at radius 1 is 1.40 bits per heavy atom. The minimum absolute atomic E-state index is 0.0526. The molecule has 82 valence electrons. The van der Waals surface area contributed by atoms with Crippen LogP contribution in [0.25, 0.3) is 0 Å². The number of ether oxygens (including phenoxy) is 2. The third-order valence-corrected chi connectivity index (χ3v) is 1.73. The van der Waals surface area contributed by atoms with Crippen molar-refractivity contribution < 1.29 is 18.7 Å². The van der Waals surface area contributed by atoms with E-state index in [1.807, 2.05) is 0 Å². The SMILES string of the molecule is CCOC(=O)N(F)c1ccc(OC)cc1. The standard InChI is InChI=1S/C10H12FNO3/c1-3-15-10(13)12(11)8-4-6-9(14-2)7-5-8/h4-7H,3H2,1-2H3. The molecule has 0 bridgehead atoms. The van der Waals surface area contributed by atoms with E-state index in [-0.39, 0.29) is 17.4 Å². The molecule has 0 fully saturated rings. The first-order chi connectivity index (χ1) is 7.19. The first-order valence-corrected chi connectivity index (χ1v) is 4.45. The average Bonchev–Trinajstić information content (AvgIpc) is 2.28. The van der Waals surface area contributed by atoms with Crippen molar-refractivity contribution in [2.45, 2.75) is 6.92 Å². The molecular weight excluding hydrogens is 201 g/mol. The molecule has 0 aliphatic rings.